The van der Waals surface area contributed by atoms with E-state index in [-0.39, 0.29) is 24.6 Å². The molecule has 0 aliphatic carbocycles. The first kappa shape index (κ1) is 14.4. The van der Waals surface area contributed by atoms with Crippen molar-refractivity contribution in [2.45, 2.75) is 6.54 Å². The highest BCUT2D eigenvalue weighted by Crippen LogP contribution is 2.22. The van der Waals surface area contributed by atoms with Crippen LogP contribution in [0.15, 0.2) is 18.2 Å². The molecule has 7 nitrogen and oxygen atoms in total. The molecule has 1 aromatic carbocycles. The van der Waals surface area contributed by atoms with Gasteiger partial charge in [-0.1, -0.05) is 6.07 Å². The van der Waals surface area contributed by atoms with Crippen molar-refractivity contribution in [3.8, 4) is 0 Å². The van der Waals surface area contributed by atoms with Crippen molar-refractivity contribution >= 4 is 11.4 Å². The summed E-state index contributed by atoms with van der Waals surface area (Å²) in [4.78, 5) is 12.0. The molecule has 0 bridgehead atoms. The molecule has 0 saturated carbocycles. The van der Waals surface area contributed by atoms with Crippen LogP contribution in [-0.4, -0.2) is 46.3 Å². The van der Waals surface area contributed by atoms with E-state index >= 15 is 0 Å². The minimum Gasteiger partial charge on any atom is -0.395 e. The minimum atomic E-state index is -0.527. The molecule has 0 heterocycles. The van der Waals surface area contributed by atoms with Gasteiger partial charge in [-0.25, -0.2) is 0 Å². The zero-order chi connectivity index (χ0) is 13.5. The molecule has 0 saturated heterocycles. The molecule has 0 aliphatic heterocycles. The SMILES string of the molecule is Nc1ccc(CN(CCO)CCO)cc1[N+](=O)[O-]. The monoisotopic (exact) mass is 255 g/mol. The highest BCUT2D eigenvalue weighted by atomic mass is 16.6. The number of hydrogen-bond acceptors (Lipinski definition) is 6. The second-order valence-corrected chi connectivity index (χ2v) is 3.87. The van der Waals surface area contributed by atoms with Gasteiger partial charge in [0.2, 0.25) is 0 Å². The number of hydrogen-bond donors (Lipinski definition) is 3. The Balaban J connectivity index is 2.82. The van der Waals surface area contributed by atoms with Gasteiger partial charge in [-0.05, 0) is 11.6 Å². The first-order chi connectivity index (χ1) is 8.58. The van der Waals surface area contributed by atoms with Crippen LogP contribution < -0.4 is 5.73 Å². The van der Waals surface area contributed by atoms with Gasteiger partial charge in [-0.3, -0.25) is 15.0 Å². The van der Waals surface area contributed by atoms with Crippen LogP contribution in [-0.2, 0) is 6.54 Å². The third-order valence-corrected chi connectivity index (χ3v) is 2.53. The first-order valence-corrected chi connectivity index (χ1v) is 5.55. The number of benzene rings is 1. The molecule has 0 atom stereocenters. The van der Waals surface area contributed by atoms with E-state index in [0.717, 1.165) is 5.56 Å². The van der Waals surface area contributed by atoms with E-state index in [1.807, 2.05) is 0 Å². The van der Waals surface area contributed by atoms with Crippen LogP contribution in [0.4, 0.5) is 11.4 Å². The van der Waals surface area contributed by atoms with Crippen molar-refractivity contribution in [2.24, 2.45) is 0 Å². The Kier molecular flexibility index (Phi) is 5.50. The second kappa shape index (κ2) is 6.90. The predicted octanol–water partition coefficient (Wildman–Crippen LogP) is -0.0364. The summed E-state index contributed by atoms with van der Waals surface area (Å²) in [5.41, 5.74) is 6.22. The van der Waals surface area contributed by atoms with Crippen LogP contribution in [0.3, 0.4) is 0 Å². The van der Waals surface area contributed by atoms with Crippen molar-refractivity contribution in [1.29, 1.82) is 0 Å². The second-order valence-electron chi connectivity index (χ2n) is 3.87. The van der Waals surface area contributed by atoms with Crippen LogP contribution in [0.1, 0.15) is 5.56 Å². The minimum absolute atomic E-state index is 0.0307. The third-order valence-electron chi connectivity index (χ3n) is 2.53. The lowest BCUT2D eigenvalue weighted by atomic mass is 10.1. The average Bonchev–Trinajstić information content (AvgIpc) is 2.32. The maximum atomic E-state index is 10.7. The Morgan fingerprint density at radius 2 is 1.89 bits per heavy atom. The van der Waals surface area contributed by atoms with Crippen molar-refractivity contribution in [2.75, 3.05) is 32.0 Å². The van der Waals surface area contributed by atoms with Gasteiger partial charge in [0.05, 0.1) is 18.1 Å². The number of aliphatic hydroxyl groups is 2. The first-order valence-electron chi connectivity index (χ1n) is 5.55. The van der Waals surface area contributed by atoms with Gasteiger partial charge in [-0.15, -0.1) is 0 Å². The Hall–Kier alpha value is -1.70. The van der Waals surface area contributed by atoms with Crippen LogP contribution in [0.5, 0.6) is 0 Å². The largest absolute Gasteiger partial charge is 0.395 e. The lowest BCUT2D eigenvalue weighted by Gasteiger charge is -2.20. The fraction of sp³-hybridized carbons (Fsp3) is 0.455. The molecule has 0 aliphatic rings. The molecule has 1 aromatic rings. The predicted molar refractivity (Wildman–Crippen MR) is 67.0 cm³/mol. The molecule has 0 radical (unpaired) electrons. The summed E-state index contributed by atoms with van der Waals surface area (Å²) in [6.45, 7) is 1.16. The number of anilines is 1. The summed E-state index contributed by atoms with van der Waals surface area (Å²) in [6.07, 6.45) is 0. The highest BCUT2D eigenvalue weighted by molar-refractivity contribution is 5.59. The number of nitro benzene ring substituents is 1. The summed E-state index contributed by atoms with van der Waals surface area (Å²) in [6, 6.07) is 4.60. The fourth-order valence-corrected chi connectivity index (χ4v) is 1.66. The van der Waals surface area contributed by atoms with Gasteiger partial charge in [0.15, 0.2) is 0 Å². The van der Waals surface area contributed by atoms with Crippen LogP contribution in [0, 0.1) is 10.1 Å². The molecule has 100 valence electrons. The number of nitro groups is 1. The number of nitrogens with two attached hydrogens (primary N) is 1. The number of nitrogen functional groups attached to an aromatic ring is 1. The quantitative estimate of drug-likeness (QED) is 0.358. The number of aliphatic hydroxyl groups excluding tert-OH is 2. The summed E-state index contributed by atoms with van der Waals surface area (Å²) in [5, 5.41) is 28.5. The summed E-state index contributed by atoms with van der Waals surface area (Å²) >= 11 is 0. The summed E-state index contributed by atoms with van der Waals surface area (Å²) in [5.74, 6) is 0. The molecule has 18 heavy (non-hydrogen) atoms. The van der Waals surface area contributed by atoms with E-state index < -0.39 is 4.92 Å². The smallest absolute Gasteiger partial charge is 0.292 e. The van der Waals surface area contributed by atoms with E-state index in [1.165, 1.54) is 12.1 Å². The van der Waals surface area contributed by atoms with E-state index in [9.17, 15) is 10.1 Å². The lowest BCUT2D eigenvalue weighted by Crippen LogP contribution is -2.29. The van der Waals surface area contributed by atoms with Crippen molar-refractivity contribution in [3.63, 3.8) is 0 Å². The maximum Gasteiger partial charge on any atom is 0.292 e. The standard InChI is InChI=1S/C11H17N3O4/c12-10-2-1-9(7-11(10)14(17)18)8-13(3-5-15)4-6-16/h1-2,7,15-16H,3-6,8,12H2. The van der Waals surface area contributed by atoms with E-state index in [0.29, 0.717) is 19.6 Å². The van der Waals surface area contributed by atoms with E-state index in [1.54, 1.807) is 11.0 Å². The zero-order valence-electron chi connectivity index (χ0n) is 9.95. The fourth-order valence-electron chi connectivity index (χ4n) is 1.66. The van der Waals surface area contributed by atoms with Crippen molar-refractivity contribution in [1.82, 2.24) is 4.90 Å². The number of rotatable bonds is 7. The van der Waals surface area contributed by atoms with E-state index in [4.69, 9.17) is 15.9 Å². The van der Waals surface area contributed by atoms with Crippen LogP contribution in [0.2, 0.25) is 0 Å². The molecule has 0 fully saturated rings. The lowest BCUT2D eigenvalue weighted by molar-refractivity contribution is -0.384. The van der Waals surface area contributed by atoms with Gasteiger partial charge in [0.25, 0.3) is 5.69 Å². The van der Waals surface area contributed by atoms with Gasteiger partial charge >= 0.3 is 0 Å². The molecular formula is C11H17N3O4. The maximum absolute atomic E-state index is 10.7. The topological polar surface area (TPSA) is 113 Å². The van der Waals surface area contributed by atoms with Gasteiger partial charge < -0.3 is 15.9 Å². The Bertz CT molecular complexity index is 405. The van der Waals surface area contributed by atoms with Crippen molar-refractivity contribution < 1.29 is 15.1 Å². The summed E-state index contributed by atoms with van der Waals surface area (Å²) < 4.78 is 0. The van der Waals surface area contributed by atoms with Gasteiger partial charge in [0, 0.05) is 25.7 Å². The molecule has 7 heteroatoms. The molecule has 0 amide bonds. The molecule has 0 spiro atoms. The van der Waals surface area contributed by atoms with Crippen LogP contribution >= 0.6 is 0 Å². The van der Waals surface area contributed by atoms with Gasteiger partial charge in [0.1, 0.15) is 5.69 Å². The normalized spacial score (nSPS) is 10.8. The van der Waals surface area contributed by atoms with Crippen molar-refractivity contribution in [3.05, 3.63) is 33.9 Å². The molecule has 4 N–H and O–H groups in total. The average molecular weight is 255 g/mol. The Labute approximate surface area is 105 Å². The zero-order valence-corrected chi connectivity index (χ0v) is 9.95. The highest BCUT2D eigenvalue weighted by Gasteiger charge is 2.13. The molecule has 0 unspecified atom stereocenters. The van der Waals surface area contributed by atoms with E-state index in [2.05, 4.69) is 0 Å². The Morgan fingerprint density at radius 1 is 1.28 bits per heavy atom. The molecular weight excluding hydrogens is 238 g/mol. The molecule has 1 rings (SSSR count). The summed E-state index contributed by atoms with van der Waals surface area (Å²) in [7, 11) is 0. The third kappa shape index (κ3) is 3.95. The Morgan fingerprint density at radius 3 is 2.39 bits per heavy atom. The number of nitrogens with zero attached hydrogens (tertiary/aromatic N) is 2. The molecule has 0 aromatic heterocycles. The van der Waals surface area contributed by atoms with Crippen LogP contribution in [0.25, 0.3) is 0 Å². The van der Waals surface area contributed by atoms with Gasteiger partial charge in [-0.2, -0.15) is 0 Å².